The molecular formula is C14H17N3O5. The van der Waals surface area contributed by atoms with Crippen molar-refractivity contribution in [2.24, 2.45) is 4.99 Å². The molecule has 0 aromatic heterocycles. The first kappa shape index (κ1) is 15.9. The third-order valence-corrected chi connectivity index (χ3v) is 3.38. The van der Waals surface area contributed by atoms with E-state index in [1.165, 1.54) is 24.3 Å². The number of nitro groups is 1. The normalized spacial score (nSPS) is 18.4. The quantitative estimate of drug-likeness (QED) is 0.394. The minimum atomic E-state index is -0.725. The van der Waals surface area contributed by atoms with E-state index in [2.05, 4.69) is 4.99 Å². The molecule has 0 saturated carbocycles. The topological polar surface area (TPSA) is 105 Å². The van der Waals surface area contributed by atoms with Crippen LogP contribution in [0, 0.1) is 10.1 Å². The minimum Gasteiger partial charge on any atom is -0.443 e. The molecule has 8 nitrogen and oxygen atoms in total. The number of hydrogen-bond donors (Lipinski definition) is 1. The summed E-state index contributed by atoms with van der Waals surface area (Å²) in [6.45, 7) is 2.80. The van der Waals surface area contributed by atoms with Crippen LogP contribution >= 0.6 is 0 Å². The van der Waals surface area contributed by atoms with Gasteiger partial charge >= 0.3 is 6.09 Å². The maximum absolute atomic E-state index is 11.6. The second-order valence-corrected chi connectivity index (χ2v) is 5.03. The van der Waals surface area contributed by atoms with E-state index in [0.29, 0.717) is 30.9 Å². The van der Waals surface area contributed by atoms with Crippen LogP contribution in [-0.4, -0.2) is 46.1 Å². The number of non-ortho nitro benzene ring substituents is 1. The number of ether oxygens (including phenoxy) is 1. The van der Waals surface area contributed by atoms with Gasteiger partial charge in [-0.3, -0.25) is 10.1 Å². The zero-order chi connectivity index (χ0) is 16.1. The molecule has 1 atom stereocenters. The van der Waals surface area contributed by atoms with Crippen molar-refractivity contribution in [3.8, 4) is 0 Å². The molecule has 1 aliphatic rings. The summed E-state index contributed by atoms with van der Waals surface area (Å²) in [5.41, 5.74) is 0.625. The number of carbonyl (C=O) groups excluding carboxylic acids is 1. The second-order valence-electron chi connectivity index (χ2n) is 5.03. The van der Waals surface area contributed by atoms with Crippen LogP contribution in [0.1, 0.15) is 18.9 Å². The first-order valence-corrected chi connectivity index (χ1v) is 6.84. The summed E-state index contributed by atoms with van der Waals surface area (Å²) in [7, 11) is 0. The molecule has 1 saturated heterocycles. The molecule has 0 unspecified atom stereocenters. The monoisotopic (exact) mass is 307 g/mol. The van der Waals surface area contributed by atoms with Gasteiger partial charge in [0.2, 0.25) is 0 Å². The van der Waals surface area contributed by atoms with Crippen LogP contribution in [0.2, 0.25) is 0 Å². The number of β-amino-alcohol motifs (C(OH)–C–C–N with tert-alkyl or cyclic N) is 1. The van der Waals surface area contributed by atoms with Crippen LogP contribution in [0.3, 0.4) is 0 Å². The fourth-order valence-corrected chi connectivity index (χ4v) is 2.13. The first-order chi connectivity index (χ1) is 10.5. The highest BCUT2D eigenvalue weighted by atomic mass is 16.6. The Labute approximate surface area is 127 Å². The highest BCUT2D eigenvalue weighted by Gasteiger charge is 2.21. The third kappa shape index (κ3) is 4.26. The Morgan fingerprint density at radius 3 is 2.73 bits per heavy atom. The molecule has 1 fully saturated rings. The second kappa shape index (κ2) is 6.99. The number of benzene rings is 1. The number of nitro benzene ring substituents is 1. The lowest BCUT2D eigenvalue weighted by Crippen LogP contribution is -2.28. The van der Waals surface area contributed by atoms with E-state index >= 15 is 0 Å². The maximum atomic E-state index is 11.6. The molecule has 1 N–H and O–H groups in total. The number of nitrogens with zero attached hydrogens (tertiary/aromatic N) is 3. The van der Waals surface area contributed by atoms with Crippen molar-refractivity contribution < 1.29 is 19.6 Å². The van der Waals surface area contributed by atoms with Gasteiger partial charge in [0.25, 0.3) is 5.69 Å². The van der Waals surface area contributed by atoms with E-state index in [4.69, 9.17) is 4.74 Å². The number of rotatable bonds is 3. The lowest BCUT2D eigenvalue weighted by molar-refractivity contribution is -0.384. The molecule has 2 rings (SSSR count). The van der Waals surface area contributed by atoms with Crippen molar-refractivity contribution >= 4 is 17.6 Å². The average Bonchev–Trinajstić information content (AvgIpc) is 2.92. The first-order valence-electron chi connectivity index (χ1n) is 6.84. The van der Waals surface area contributed by atoms with Gasteiger partial charge in [-0.05, 0) is 31.0 Å². The fourth-order valence-electron chi connectivity index (χ4n) is 2.13. The van der Waals surface area contributed by atoms with E-state index < -0.39 is 11.0 Å². The number of aliphatic hydroxyl groups excluding tert-OH is 1. The largest absolute Gasteiger partial charge is 0.443 e. The number of hydrogen-bond acceptors (Lipinski definition) is 5. The average molecular weight is 307 g/mol. The Balaban J connectivity index is 1.85. The van der Waals surface area contributed by atoms with Gasteiger partial charge < -0.3 is 14.7 Å². The summed E-state index contributed by atoms with van der Waals surface area (Å²) in [5.74, 6) is 0.505. The van der Waals surface area contributed by atoms with Crippen molar-refractivity contribution in [1.82, 2.24) is 4.90 Å². The van der Waals surface area contributed by atoms with Gasteiger partial charge in [0.05, 0.1) is 11.0 Å². The van der Waals surface area contributed by atoms with Gasteiger partial charge in [-0.25, -0.2) is 4.79 Å². The highest BCUT2D eigenvalue weighted by molar-refractivity contribution is 5.90. The number of amidine groups is 1. The summed E-state index contributed by atoms with van der Waals surface area (Å²) in [6.07, 6.45) is -0.455. The van der Waals surface area contributed by atoms with Crippen LogP contribution in [0.15, 0.2) is 29.3 Å². The molecule has 1 aliphatic heterocycles. The van der Waals surface area contributed by atoms with Gasteiger partial charge in [-0.15, -0.1) is 0 Å². The Kier molecular flexibility index (Phi) is 5.05. The van der Waals surface area contributed by atoms with E-state index in [-0.39, 0.29) is 18.4 Å². The van der Waals surface area contributed by atoms with Gasteiger partial charge in [0, 0.05) is 25.2 Å². The predicted molar refractivity (Wildman–Crippen MR) is 78.6 cm³/mol. The molecule has 8 heteroatoms. The van der Waals surface area contributed by atoms with E-state index in [1.54, 1.807) is 6.92 Å². The van der Waals surface area contributed by atoms with Gasteiger partial charge in [-0.1, -0.05) is 0 Å². The SMILES string of the molecule is C/C(=N\C(=O)OCc1ccc([N+](=O)[O-])cc1)N1CC[C@H](O)C1. The van der Waals surface area contributed by atoms with Crippen molar-refractivity contribution in [3.63, 3.8) is 0 Å². The summed E-state index contributed by atoms with van der Waals surface area (Å²) >= 11 is 0. The molecule has 1 amide bonds. The van der Waals surface area contributed by atoms with Gasteiger partial charge in [0.15, 0.2) is 0 Å². The summed E-state index contributed by atoms with van der Waals surface area (Å²) in [5, 5.41) is 20.0. The predicted octanol–water partition coefficient (Wildman–Crippen LogP) is 1.72. The number of aliphatic hydroxyl groups is 1. The van der Waals surface area contributed by atoms with Crippen LogP contribution < -0.4 is 0 Å². The number of carbonyl (C=O) groups is 1. The summed E-state index contributed by atoms with van der Waals surface area (Å²) < 4.78 is 5.00. The standard InChI is InChI=1S/C14H17N3O5/c1-10(16-7-6-13(18)8-16)15-14(19)22-9-11-2-4-12(5-3-11)17(20)21/h2-5,13,18H,6-9H2,1H3/b15-10+/t13-/m0/s1. The van der Waals surface area contributed by atoms with Crippen LogP contribution in [0.4, 0.5) is 10.5 Å². The van der Waals surface area contributed by atoms with Crippen molar-refractivity contribution in [2.45, 2.75) is 26.1 Å². The molecule has 0 aliphatic carbocycles. The van der Waals surface area contributed by atoms with Gasteiger partial charge in [0.1, 0.15) is 12.4 Å². The highest BCUT2D eigenvalue weighted by Crippen LogP contribution is 2.13. The zero-order valence-corrected chi connectivity index (χ0v) is 12.1. The molecular weight excluding hydrogens is 290 g/mol. The number of aliphatic imine (C=N–C) groups is 1. The number of amides is 1. The molecule has 1 aromatic rings. The molecule has 0 spiro atoms. The molecule has 1 heterocycles. The molecule has 118 valence electrons. The van der Waals surface area contributed by atoms with E-state index in [1.807, 2.05) is 4.90 Å². The molecule has 22 heavy (non-hydrogen) atoms. The Morgan fingerprint density at radius 2 is 2.18 bits per heavy atom. The van der Waals surface area contributed by atoms with Crippen molar-refractivity contribution in [3.05, 3.63) is 39.9 Å². The Morgan fingerprint density at radius 1 is 1.50 bits per heavy atom. The maximum Gasteiger partial charge on any atom is 0.435 e. The Bertz CT molecular complexity index is 585. The van der Waals surface area contributed by atoms with E-state index in [0.717, 1.165) is 0 Å². The zero-order valence-electron chi connectivity index (χ0n) is 12.1. The van der Waals surface area contributed by atoms with Gasteiger partial charge in [-0.2, -0.15) is 4.99 Å². The third-order valence-electron chi connectivity index (χ3n) is 3.38. The summed E-state index contributed by atoms with van der Waals surface area (Å²) in [6, 6.07) is 5.75. The van der Waals surface area contributed by atoms with E-state index in [9.17, 15) is 20.0 Å². The fraction of sp³-hybridized carbons (Fsp3) is 0.429. The lowest BCUT2D eigenvalue weighted by Gasteiger charge is -2.16. The van der Waals surface area contributed by atoms with Crippen molar-refractivity contribution in [1.29, 1.82) is 0 Å². The molecule has 0 radical (unpaired) electrons. The van der Waals surface area contributed by atoms with Crippen LogP contribution in [0.5, 0.6) is 0 Å². The number of likely N-dealkylation sites (tertiary alicyclic amines) is 1. The lowest BCUT2D eigenvalue weighted by atomic mass is 10.2. The molecule has 1 aromatic carbocycles. The Hall–Kier alpha value is -2.48. The van der Waals surface area contributed by atoms with Crippen LogP contribution in [-0.2, 0) is 11.3 Å². The smallest absolute Gasteiger partial charge is 0.435 e. The van der Waals surface area contributed by atoms with Crippen LogP contribution in [0.25, 0.3) is 0 Å². The van der Waals surface area contributed by atoms with Crippen molar-refractivity contribution in [2.75, 3.05) is 13.1 Å². The molecule has 0 bridgehead atoms. The summed E-state index contributed by atoms with van der Waals surface area (Å²) in [4.78, 5) is 27.3. The minimum absolute atomic E-state index is 0.00374.